The molecule has 262 valence electrons. The van der Waals surface area contributed by atoms with Crippen molar-refractivity contribution < 1.29 is 124 Å². The first kappa shape index (κ1) is 43.2. The van der Waals surface area contributed by atoms with Crippen LogP contribution in [0.3, 0.4) is 0 Å². The van der Waals surface area contributed by atoms with Crippen molar-refractivity contribution in [2.45, 2.75) is 78.4 Å². The lowest BCUT2D eigenvalue weighted by Crippen LogP contribution is -2.78. The van der Waals surface area contributed by atoms with Gasteiger partial charge in [-0.05, 0) is 6.92 Å². The Balaban J connectivity index is 0. The molecule has 0 spiro atoms. The lowest BCUT2D eigenvalue weighted by atomic mass is 9.85. The van der Waals surface area contributed by atoms with Gasteiger partial charge in [0, 0.05) is 6.61 Å². The molecular formula is C14H6F27NO. The summed E-state index contributed by atoms with van der Waals surface area (Å²) in [6, 6.07) is -8.18. The number of rotatable bonds is 11. The van der Waals surface area contributed by atoms with Crippen LogP contribution in [-0.2, 0) is 0 Å². The monoisotopic (exact) mass is 717 g/mol. The highest BCUT2D eigenvalue weighted by molar-refractivity contribution is 5.19. The topological polar surface area (TPSA) is 23.5 Å². The van der Waals surface area contributed by atoms with Crippen molar-refractivity contribution in [2.24, 2.45) is 0 Å². The van der Waals surface area contributed by atoms with Gasteiger partial charge in [-0.15, -0.1) is 0 Å². The van der Waals surface area contributed by atoms with E-state index in [4.69, 9.17) is 5.11 Å². The maximum absolute atomic E-state index is 13.4. The molecule has 0 saturated carbocycles. The highest BCUT2D eigenvalue weighted by Crippen LogP contribution is 2.67. The quantitative estimate of drug-likeness (QED) is 0.132. The SMILES string of the molecule is CCO.FN(F)C(F)(F)C(F)(F)C(F)(F)C(F)(F)C(F)(F)C(F)(F)C(F)(F)C(F)(F)C(F)(F)C(F)(F)C(F)(F)C(F)(F)F. The molecule has 0 amide bonds. The maximum Gasteiger partial charge on any atom is 0.460 e. The zero-order valence-corrected chi connectivity index (χ0v) is 18.8. The number of hydrogen-bond acceptors (Lipinski definition) is 2. The molecule has 0 aromatic heterocycles. The molecule has 0 aliphatic carbocycles. The summed E-state index contributed by atoms with van der Waals surface area (Å²) in [5, 5.41) is 3.06. The Bertz CT molecular complexity index is 946. The zero-order valence-electron chi connectivity index (χ0n) is 18.8. The van der Waals surface area contributed by atoms with E-state index in [1.807, 2.05) is 0 Å². The van der Waals surface area contributed by atoms with E-state index in [0.29, 0.717) is 0 Å². The molecule has 2 nitrogen and oxygen atoms in total. The first-order chi connectivity index (χ1) is 18.1. The molecule has 0 saturated heterocycles. The van der Waals surface area contributed by atoms with Gasteiger partial charge in [0.15, 0.2) is 0 Å². The summed E-state index contributed by atoms with van der Waals surface area (Å²) >= 11 is 0. The number of hydrogen-bond donors (Lipinski definition) is 1. The van der Waals surface area contributed by atoms with Crippen molar-refractivity contribution in [3.8, 4) is 0 Å². The van der Waals surface area contributed by atoms with E-state index >= 15 is 0 Å². The molecule has 0 radical (unpaired) electrons. The lowest BCUT2D eigenvalue weighted by molar-refractivity contribution is -0.493. The summed E-state index contributed by atoms with van der Waals surface area (Å²) in [4.78, 5) is 0. The Morgan fingerprint density at radius 1 is 0.349 bits per heavy atom. The Labute approximate surface area is 215 Å². The third-order valence-electron chi connectivity index (χ3n) is 4.50. The first-order valence-electron chi connectivity index (χ1n) is 9.06. The summed E-state index contributed by atoms with van der Waals surface area (Å²) in [6.45, 7) is 1.93. The second-order valence-electron chi connectivity index (χ2n) is 7.33. The number of halogens is 27. The van der Waals surface area contributed by atoms with Gasteiger partial charge in [-0.25, -0.2) is 0 Å². The van der Waals surface area contributed by atoms with E-state index in [1.165, 1.54) is 0 Å². The van der Waals surface area contributed by atoms with Crippen molar-refractivity contribution in [3.63, 3.8) is 0 Å². The largest absolute Gasteiger partial charge is 0.460 e. The Kier molecular flexibility index (Phi) is 11.2. The molecule has 43 heavy (non-hydrogen) atoms. The van der Waals surface area contributed by atoms with Crippen LogP contribution in [0.15, 0.2) is 0 Å². The molecule has 0 atom stereocenters. The van der Waals surface area contributed by atoms with E-state index in [1.54, 1.807) is 6.92 Å². The fourth-order valence-electron chi connectivity index (χ4n) is 2.05. The Morgan fingerprint density at radius 3 is 0.628 bits per heavy atom. The van der Waals surface area contributed by atoms with Crippen LogP contribution in [0.2, 0.25) is 0 Å². The van der Waals surface area contributed by atoms with Gasteiger partial charge >= 0.3 is 71.4 Å². The van der Waals surface area contributed by atoms with Crippen LogP contribution in [0.4, 0.5) is 119 Å². The van der Waals surface area contributed by atoms with Gasteiger partial charge in [-0.2, -0.15) is 110 Å². The Morgan fingerprint density at radius 2 is 0.488 bits per heavy atom. The molecule has 0 aromatic rings. The van der Waals surface area contributed by atoms with Gasteiger partial charge in [-0.3, -0.25) is 0 Å². The van der Waals surface area contributed by atoms with Crippen molar-refractivity contribution in [3.05, 3.63) is 0 Å². The number of aliphatic hydroxyl groups is 1. The first-order valence-corrected chi connectivity index (χ1v) is 9.06. The second kappa shape index (κ2) is 11.1. The summed E-state index contributed by atoms with van der Waals surface area (Å²) < 4.78 is 348. The van der Waals surface area contributed by atoms with Gasteiger partial charge in [-0.1, -0.05) is 8.96 Å². The molecule has 0 rings (SSSR count). The molecule has 0 aliphatic rings. The minimum atomic E-state index is -9.74. The van der Waals surface area contributed by atoms with E-state index in [-0.39, 0.29) is 6.61 Å². The van der Waals surface area contributed by atoms with Gasteiger partial charge in [0.25, 0.3) is 0 Å². The molecule has 0 heterocycles. The van der Waals surface area contributed by atoms with E-state index < -0.39 is 76.8 Å². The average molecular weight is 717 g/mol. The smallest absolute Gasteiger partial charge is 0.397 e. The third kappa shape index (κ3) is 5.45. The zero-order chi connectivity index (χ0) is 36.3. The highest BCUT2D eigenvalue weighted by Gasteiger charge is 2.99. The van der Waals surface area contributed by atoms with Gasteiger partial charge in [0.05, 0.1) is 5.34 Å². The average Bonchev–Trinajstić information content (AvgIpc) is 2.77. The lowest BCUT2D eigenvalue weighted by Gasteiger charge is -2.45. The van der Waals surface area contributed by atoms with Crippen LogP contribution in [0.1, 0.15) is 6.92 Å². The van der Waals surface area contributed by atoms with Gasteiger partial charge in [0.2, 0.25) is 0 Å². The maximum atomic E-state index is 13.4. The van der Waals surface area contributed by atoms with Crippen molar-refractivity contribution >= 4 is 0 Å². The van der Waals surface area contributed by atoms with Crippen LogP contribution < -0.4 is 0 Å². The molecule has 0 bridgehead atoms. The van der Waals surface area contributed by atoms with E-state index in [0.717, 1.165) is 0 Å². The number of nitrogens with zero attached hydrogens (tertiary/aromatic N) is 1. The third-order valence-corrected chi connectivity index (χ3v) is 4.50. The van der Waals surface area contributed by atoms with E-state index in [2.05, 4.69) is 0 Å². The predicted molar refractivity (Wildman–Crippen MR) is 77.3 cm³/mol. The minimum Gasteiger partial charge on any atom is -0.397 e. The summed E-state index contributed by atoms with van der Waals surface area (Å²) in [5.74, 6) is -93.7. The summed E-state index contributed by atoms with van der Waals surface area (Å²) in [7, 11) is 0. The molecule has 1 N–H and O–H groups in total. The van der Waals surface area contributed by atoms with Crippen molar-refractivity contribution in [1.29, 1.82) is 0 Å². The minimum absolute atomic E-state index is 0.250. The van der Waals surface area contributed by atoms with Crippen LogP contribution in [0.5, 0.6) is 0 Å². The fourth-order valence-corrected chi connectivity index (χ4v) is 2.05. The van der Waals surface area contributed by atoms with Crippen LogP contribution in [-0.4, -0.2) is 88.5 Å². The molecule has 0 unspecified atom stereocenters. The predicted octanol–water partition coefficient (Wildman–Crippen LogP) is 8.56. The highest BCUT2D eigenvalue weighted by atomic mass is 19.4. The van der Waals surface area contributed by atoms with Crippen LogP contribution in [0, 0.1) is 0 Å². The Hall–Kier alpha value is -1.97. The van der Waals surface area contributed by atoms with E-state index in [9.17, 15) is 119 Å². The standard InChI is InChI=1S/C12F27N.C2H6O/c13-1(14,3(17,18)5(21,22)7(25,26)9(29,30)11(33,34)35)2(15,16)4(19,20)6(23,24)8(27,28)10(31,32)12(36,37)40(38)39;1-2-3/h;3H,2H2,1H3. The fraction of sp³-hybridized carbons (Fsp3) is 1.00. The number of aliphatic hydroxyl groups excluding tert-OH is 1. The van der Waals surface area contributed by atoms with Gasteiger partial charge < -0.3 is 5.11 Å². The van der Waals surface area contributed by atoms with Crippen LogP contribution >= 0.6 is 0 Å². The van der Waals surface area contributed by atoms with Crippen LogP contribution in [0.25, 0.3) is 0 Å². The molecule has 0 fully saturated rings. The summed E-state index contributed by atoms with van der Waals surface area (Å²) in [6.07, 6.45) is -8.22. The molecular weight excluding hydrogens is 711 g/mol. The molecule has 0 aliphatic heterocycles. The molecule has 29 heteroatoms. The molecule has 0 aromatic carbocycles. The second-order valence-corrected chi connectivity index (χ2v) is 7.33. The van der Waals surface area contributed by atoms with Crippen molar-refractivity contribution in [1.82, 2.24) is 5.34 Å². The van der Waals surface area contributed by atoms with Crippen molar-refractivity contribution in [2.75, 3.05) is 6.61 Å². The van der Waals surface area contributed by atoms with Gasteiger partial charge in [0.1, 0.15) is 0 Å². The number of alkyl halides is 25. The summed E-state index contributed by atoms with van der Waals surface area (Å²) in [5.41, 5.74) is 0. The normalized spacial score (nSPS) is 16.3.